The van der Waals surface area contributed by atoms with Gasteiger partial charge in [-0.25, -0.2) is 0 Å². The van der Waals surface area contributed by atoms with E-state index in [0.717, 1.165) is 22.3 Å². The molecule has 2 aromatic rings. The molecule has 0 amide bonds. The van der Waals surface area contributed by atoms with E-state index < -0.39 is 0 Å². The Bertz CT molecular complexity index is 632. The fraction of sp³-hybridized carbons (Fsp3) is 0.167. The zero-order valence-electron chi connectivity index (χ0n) is 9.55. The van der Waals surface area contributed by atoms with Crippen molar-refractivity contribution in [2.75, 3.05) is 0 Å². The van der Waals surface area contributed by atoms with Crippen LogP contribution >= 0.6 is 11.8 Å². The van der Waals surface area contributed by atoms with Crippen molar-refractivity contribution in [3.05, 3.63) is 35.7 Å². The van der Waals surface area contributed by atoms with Crippen molar-refractivity contribution in [3.8, 4) is 6.07 Å². The smallest absolute Gasteiger partial charge is 0.151 e. The largest absolute Gasteiger partial charge is 0.379 e. The lowest BCUT2D eigenvalue weighted by Gasteiger charge is -2.06. The fourth-order valence-electron chi connectivity index (χ4n) is 1.63. The van der Waals surface area contributed by atoms with Gasteiger partial charge in [0.2, 0.25) is 0 Å². The molecule has 2 heterocycles. The van der Waals surface area contributed by atoms with Gasteiger partial charge in [0.05, 0.1) is 29.2 Å². The number of nitriles is 1. The van der Waals surface area contributed by atoms with Crippen molar-refractivity contribution in [1.82, 2.24) is 9.97 Å². The average Bonchev–Trinajstić information content (AvgIpc) is 2.36. The maximum atomic E-state index is 8.74. The third kappa shape index (κ3) is 2.76. The lowest BCUT2D eigenvalue weighted by atomic mass is 10.1. The highest BCUT2D eigenvalue weighted by Crippen LogP contribution is 2.21. The Morgan fingerprint density at radius 3 is 3.11 bits per heavy atom. The number of aromatic nitrogens is 2. The van der Waals surface area contributed by atoms with Crippen molar-refractivity contribution in [3.63, 3.8) is 0 Å². The van der Waals surface area contributed by atoms with Crippen LogP contribution in [0, 0.1) is 16.7 Å². The molecule has 0 spiro atoms. The highest BCUT2D eigenvalue weighted by atomic mass is 32.2. The summed E-state index contributed by atoms with van der Waals surface area (Å²) in [5.74, 6) is 0.559. The molecule has 0 bridgehead atoms. The van der Waals surface area contributed by atoms with Gasteiger partial charge in [0.15, 0.2) is 5.17 Å². The molecule has 0 saturated heterocycles. The van der Waals surface area contributed by atoms with E-state index in [-0.39, 0.29) is 11.6 Å². The minimum absolute atomic E-state index is 0.0673. The topological polar surface area (TPSA) is 99.4 Å². The summed E-state index contributed by atoms with van der Waals surface area (Å²) in [7, 11) is 0. The van der Waals surface area contributed by atoms with Gasteiger partial charge in [-0.3, -0.25) is 15.4 Å². The first-order valence-electron chi connectivity index (χ1n) is 5.28. The Morgan fingerprint density at radius 2 is 2.39 bits per heavy atom. The lowest BCUT2D eigenvalue weighted by molar-refractivity contribution is 1.12. The number of rotatable bonds is 3. The molecule has 0 radical (unpaired) electrons. The van der Waals surface area contributed by atoms with Crippen LogP contribution in [-0.2, 0) is 12.2 Å². The first-order chi connectivity index (χ1) is 8.70. The number of hydrogen-bond acceptors (Lipinski definition) is 5. The number of pyridine rings is 2. The summed E-state index contributed by atoms with van der Waals surface area (Å²) >= 11 is 1.24. The second-order valence-electron chi connectivity index (χ2n) is 3.63. The molecular weight excluding hydrogens is 246 g/mol. The van der Waals surface area contributed by atoms with Gasteiger partial charge < -0.3 is 5.73 Å². The van der Waals surface area contributed by atoms with Crippen LogP contribution < -0.4 is 5.73 Å². The van der Waals surface area contributed by atoms with Gasteiger partial charge in [-0.15, -0.1) is 0 Å². The van der Waals surface area contributed by atoms with Gasteiger partial charge in [-0.05, 0) is 23.8 Å². The summed E-state index contributed by atoms with van der Waals surface area (Å²) < 4.78 is 0. The van der Waals surface area contributed by atoms with Crippen LogP contribution in [0.3, 0.4) is 0 Å². The van der Waals surface area contributed by atoms with E-state index in [0.29, 0.717) is 5.75 Å². The standard InChI is InChI=1S/C12H11N5S/c13-4-3-9-6-8(7-18-12(14)15)11-10(17-9)2-1-5-16-11/h1-2,5-6H,3,7H2,(H3,14,15). The Balaban J connectivity index is 2.47. The van der Waals surface area contributed by atoms with Gasteiger partial charge in [0.1, 0.15) is 0 Å². The Hall–Kier alpha value is -2.13. The Kier molecular flexibility index (Phi) is 3.75. The number of amidine groups is 1. The molecule has 0 aliphatic rings. The Morgan fingerprint density at radius 1 is 1.56 bits per heavy atom. The van der Waals surface area contributed by atoms with E-state index >= 15 is 0 Å². The lowest BCUT2D eigenvalue weighted by Crippen LogP contribution is -2.04. The van der Waals surface area contributed by atoms with Crippen LogP contribution in [0.2, 0.25) is 0 Å². The molecule has 2 aromatic heterocycles. The molecule has 18 heavy (non-hydrogen) atoms. The highest BCUT2D eigenvalue weighted by Gasteiger charge is 2.07. The van der Waals surface area contributed by atoms with Crippen molar-refractivity contribution >= 4 is 28.0 Å². The number of nitrogens with zero attached hydrogens (tertiary/aromatic N) is 3. The van der Waals surface area contributed by atoms with Crippen molar-refractivity contribution in [2.45, 2.75) is 12.2 Å². The number of nitrogens with two attached hydrogens (primary N) is 1. The summed E-state index contributed by atoms with van der Waals surface area (Å²) in [5, 5.41) is 16.0. The summed E-state index contributed by atoms with van der Waals surface area (Å²) in [6.45, 7) is 0. The third-order valence-electron chi connectivity index (χ3n) is 2.34. The zero-order valence-corrected chi connectivity index (χ0v) is 10.4. The van der Waals surface area contributed by atoms with Gasteiger partial charge in [0.25, 0.3) is 0 Å². The molecule has 0 aliphatic carbocycles. The molecule has 0 atom stereocenters. The van der Waals surface area contributed by atoms with Gasteiger partial charge in [-0.2, -0.15) is 5.26 Å². The highest BCUT2D eigenvalue weighted by molar-refractivity contribution is 8.13. The van der Waals surface area contributed by atoms with Crippen LogP contribution in [0.25, 0.3) is 11.0 Å². The van der Waals surface area contributed by atoms with E-state index in [1.807, 2.05) is 18.2 Å². The average molecular weight is 257 g/mol. The van der Waals surface area contributed by atoms with E-state index in [1.165, 1.54) is 11.8 Å². The van der Waals surface area contributed by atoms with Crippen LogP contribution in [0.4, 0.5) is 0 Å². The quantitative estimate of drug-likeness (QED) is 0.645. The molecule has 5 nitrogen and oxygen atoms in total. The molecule has 3 N–H and O–H groups in total. The second-order valence-corrected chi connectivity index (χ2v) is 4.65. The third-order valence-corrected chi connectivity index (χ3v) is 3.11. The van der Waals surface area contributed by atoms with Crippen LogP contribution in [-0.4, -0.2) is 15.1 Å². The molecule has 90 valence electrons. The molecule has 0 aromatic carbocycles. The van der Waals surface area contributed by atoms with E-state index in [9.17, 15) is 0 Å². The first-order valence-corrected chi connectivity index (χ1v) is 6.26. The maximum absolute atomic E-state index is 8.74. The Labute approximate surface area is 109 Å². The molecule has 0 fully saturated rings. The molecule has 6 heteroatoms. The van der Waals surface area contributed by atoms with Crippen molar-refractivity contribution < 1.29 is 0 Å². The second kappa shape index (κ2) is 5.47. The van der Waals surface area contributed by atoms with Crippen LogP contribution in [0.5, 0.6) is 0 Å². The predicted octanol–water partition coefficient (Wildman–Crippen LogP) is 1.82. The summed E-state index contributed by atoms with van der Waals surface area (Å²) in [5.41, 5.74) is 8.58. The fourth-order valence-corrected chi connectivity index (χ4v) is 2.16. The summed E-state index contributed by atoms with van der Waals surface area (Å²) in [4.78, 5) is 8.66. The van der Waals surface area contributed by atoms with Crippen molar-refractivity contribution in [2.24, 2.45) is 5.73 Å². The molecular formula is C12H11N5S. The number of hydrogen-bond donors (Lipinski definition) is 2. The predicted molar refractivity (Wildman–Crippen MR) is 72.1 cm³/mol. The van der Waals surface area contributed by atoms with Crippen molar-refractivity contribution in [1.29, 1.82) is 10.7 Å². The minimum atomic E-state index is 0.0673. The number of thioether (sulfide) groups is 1. The van der Waals surface area contributed by atoms with Crippen LogP contribution in [0.15, 0.2) is 24.4 Å². The van der Waals surface area contributed by atoms with Gasteiger partial charge in [-0.1, -0.05) is 11.8 Å². The van der Waals surface area contributed by atoms with Crippen LogP contribution in [0.1, 0.15) is 11.3 Å². The van der Waals surface area contributed by atoms with E-state index in [1.54, 1.807) is 6.20 Å². The SMILES string of the molecule is N#CCc1cc(CSC(=N)N)c2ncccc2n1. The zero-order chi connectivity index (χ0) is 13.0. The molecule has 2 rings (SSSR count). The number of fused-ring (bicyclic) bond motifs is 1. The van der Waals surface area contributed by atoms with Gasteiger partial charge >= 0.3 is 0 Å². The normalized spacial score (nSPS) is 10.2. The van der Waals surface area contributed by atoms with E-state index in [2.05, 4.69) is 16.0 Å². The summed E-state index contributed by atoms with van der Waals surface area (Å²) in [6, 6.07) is 7.62. The monoisotopic (exact) mass is 257 g/mol. The van der Waals surface area contributed by atoms with Gasteiger partial charge in [0, 0.05) is 11.9 Å². The van der Waals surface area contributed by atoms with E-state index in [4.69, 9.17) is 16.4 Å². The maximum Gasteiger partial charge on any atom is 0.151 e. The molecule has 0 unspecified atom stereocenters. The summed E-state index contributed by atoms with van der Waals surface area (Å²) in [6.07, 6.45) is 1.97. The molecule has 0 aliphatic heterocycles. The minimum Gasteiger partial charge on any atom is -0.379 e. The molecule has 0 saturated carbocycles. The number of nitrogens with one attached hydrogen (secondary N) is 1. The first kappa shape index (κ1) is 12.3.